The highest BCUT2D eigenvalue weighted by atomic mass is 79.9. The number of aromatic hydroxyl groups is 1. The summed E-state index contributed by atoms with van der Waals surface area (Å²) in [5.74, 6) is -0.742. The lowest BCUT2D eigenvalue weighted by Gasteiger charge is -2.12. The fraction of sp³-hybridized carbons (Fsp3) is 0.250. The highest BCUT2D eigenvalue weighted by molar-refractivity contribution is 9.10. The summed E-state index contributed by atoms with van der Waals surface area (Å²) in [4.78, 5) is 0. The van der Waals surface area contributed by atoms with Crippen LogP contribution in [0, 0.1) is 6.92 Å². The molecule has 72 valence electrons. The Hall–Kier alpha value is -0.710. The first-order valence-electron chi connectivity index (χ1n) is 3.39. The normalized spacial score (nSPS) is 11.8. The van der Waals surface area contributed by atoms with E-state index in [0.717, 1.165) is 6.07 Å². The van der Waals surface area contributed by atoms with Crippen molar-refractivity contribution in [1.29, 1.82) is 0 Å². The zero-order valence-corrected chi connectivity index (χ0v) is 8.20. The molecule has 0 heterocycles. The van der Waals surface area contributed by atoms with Gasteiger partial charge in [0.1, 0.15) is 11.3 Å². The van der Waals surface area contributed by atoms with Gasteiger partial charge < -0.3 is 5.11 Å². The summed E-state index contributed by atoms with van der Waals surface area (Å²) in [7, 11) is 0. The zero-order chi connectivity index (χ0) is 10.2. The van der Waals surface area contributed by atoms with Crippen LogP contribution >= 0.6 is 15.9 Å². The van der Waals surface area contributed by atoms with Crippen LogP contribution in [0.5, 0.6) is 5.75 Å². The van der Waals surface area contributed by atoms with E-state index in [2.05, 4.69) is 15.9 Å². The fourth-order valence-electron chi connectivity index (χ4n) is 1.03. The highest BCUT2D eigenvalue weighted by Crippen LogP contribution is 2.40. The molecule has 0 amide bonds. The van der Waals surface area contributed by atoms with Gasteiger partial charge >= 0.3 is 6.18 Å². The Balaban J connectivity index is 3.43. The number of benzene rings is 1. The van der Waals surface area contributed by atoms with Crippen molar-refractivity contribution in [2.45, 2.75) is 13.1 Å². The van der Waals surface area contributed by atoms with Crippen molar-refractivity contribution < 1.29 is 18.3 Å². The molecule has 13 heavy (non-hydrogen) atoms. The van der Waals surface area contributed by atoms with Gasteiger partial charge in [0.25, 0.3) is 0 Å². The van der Waals surface area contributed by atoms with E-state index in [-0.39, 0.29) is 5.56 Å². The van der Waals surface area contributed by atoms with Crippen LogP contribution in [0.4, 0.5) is 13.2 Å². The summed E-state index contributed by atoms with van der Waals surface area (Å²) >= 11 is 2.96. The third-order valence-corrected chi connectivity index (χ3v) is 2.52. The van der Waals surface area contributed by atoms with Gasteiger partial charge in [-0.05, 0) is 24.6 Å². The average molecular weight is 255 g/mol. The van der Waals surface area contributed by atoms with E-state index in [1.54, 1.807) is 0 Å². The molecule has 0 spiro atoms. The third kappa shape index (κ3) is 1.96. The van der Waals surface area contributed by atoms with E-state index >= 15 is 0 Å². The summed E-state index contributed by atoms with van der Waals surface area (Å²) in [5, 5.41) is 9.01. The molecule has 0 aliphatic carbocycles. The molecule has 0 saturated heterocycles. The molecule has 0 radical (unpaired) electrons. The van der Waals surface area contributed by atoms with Crippen molar-refractivity contribution in [3.05, 3.63) is 27.7 Å². The van der Waals surface area contributed by atoms with Crippen LogP contribution in [0.15, 0.2) is 16.6 Å². The van der Waals surface area contributed by atoms with Gasteiger partial charge in [-0.15, -0.1) is 0 Å². The predicted molar refractivity (Wildman–Crippen MR) is 45.5 cm³/mol. The molecule has 0 aliphatic rings. The second kappa shape index (κ2) is 3.21. The smallest absolute Gasteiger partial charge is 0.420 e. The standard InChI is InChI=1S/C8H6BrF3O/c1-4-5(9)2-3-6(13)7(4)8(10,11)12/h2-3,13H,1H3. The van der Waals surface area contributed by atoms with E-state index in [4.69, 9.17) is 5.11 Å². The van der Waals surface area contributed by atoms with Gasteiger partial charge in [-0.25, -0.2) is 0 Å². The maximum atomic E-state index is 12.3. The summed E-state index contributed by atoms with van der Waals surface area (Å²) < 4.78 is 37.3. The summed E-state index contributed by atoms with van der Waals surface area (Å²) in [5.41, 5.74) is -0.991. The van der Waals surface area contributed by atoms with Crippen molar-refractivity contribution in [1.82, 2.24) is 0 Å². The van der Waals surface area contributed by atoms with Crippen LogP contribution in [0.2, 0.25) is 0 Å². The second-order valence-corrected chi connectivity index (χ2v) is 3.42. The van der Waals surface area contributed by atoms with Crippen molar-refractivity contribution in [2.75, 3.05) is 0 Å². The van der Waals surface area contributed by atoms with Gasteiger partial charge in [-0.3, -0.25) is 0 Å². The Kier molecular flexibility index (Phi) is 2.56. The number of alkyl halides is 3. The molecule has 0 atom stereocenters. The number of phenolic OH excluding ortho intramolecular Hbond substituents is 1. The van der Waals surface area contributed by atoms with Crippen molar-refractivity contribution in [2.24, 2.45) is 0 Å². The Morgan fingerprint density at radius 2 is 1.85 bits per heavy atom. The topological polar surface area (TPSA) is 20.2 Å². The van der Waals surface area contributed by atoms with Crippen molar-refractivity contribution >= 4 is 15.9 Å². The van der Waals surface area contributed by atoms with E-state index in [0.29, 0.717) is 4.47 Å². The van der Waals surface area contributed by atoms with E-state index < -0.39 is 17.5 Å². The summed E-state index contributed by atoms with van der Waals surface area (Å²) in [6.07, 6.45) is -4.52. The van der Waals surface area contributed by atoms with Crippen LogP contribution in [0.1, 0.15) is 11.1 Å². The number of rotatable bonds is 0. The van der Waals surface area contributed by atoms with Gasteiger partial charge in [0.2, 0.25) is 0 Å². The average Bonchev–Trinajstić information content (AvgIpc) is 1.95. The van der Waals surface area contributed by atoms with Crippen LogP contribution in [-0.2, 0) is 6.18 Å². The molecule has 1 aromatic carbocycles. The first-order valence-corrected chi connectivity index (χ1v) is 4.18. The first-order chi connectivity index (χ1) is 5.84. The number of phenols is 1. The quantitative estimate of drug-likeness (QED) is 0.752. The molecule has 0 aliphatic heterocycles. The third-order valence-electron chi connectivity index (χ3n) is 1.66. The zero-order valence-electron chi connectivity index (χ0n) is 6.61. The van der Waals surface area contributed by atoms with Crippen molar-refractivity contribution in [3.63, 3.8) is 0 Å². The maximum Gasteiger partial charge on any atom is 0.420 e. The minimum atomic E-state index is -4.52. The molecule has 0 aromatic heterocycles. The number of halogens is 4. The summed E-state index contributed by atoms with van der Waals surface area (Å²) in [6, 6.07) is 2.39. The Morgan fingerprint density at radius 3 is 2.23 bits per heavy atom. The maximum absolute atomic E-state index is 12.3. The largest absolute Gasteiger partial charge is 0.507 e. The molecule has 0 saturated carbocycles. The van der Waals surface area contributed by atoms with Crippen LogP contribution < -0.4 is 0 Å². The molecule has 0 unspecified atom stereocenters. The molecule has 0 fully saturated rings. The lowest BCUT2D eigenvalue weighted by atomic mass is 10.1. The fourth-order valence-corrected chi connectivity index (χ4v) is 1.36. The van der Waals surface area contributed by atoms with Crippen LogP contribution in [0.25, 0.3) is 0 Å². The number of hydrogen-bond acceptors (Lipinski definition) is 1. The van der Waals surface area contributed by atoms with Crippen LogP contribution in [-0.4, -0.2) is 5.11 Å². The number of hydrogen-bond donors (Lipinski definition) is 1. The molecule has 0 bridgehead atoms. The molecule has 1 aromatic rings. The molecular formula is C8H6BrF3O. The molecule has 1 nitrogen and oxygen atoms in total. The monoisotopic (exact) mass is 254 g/mol. The SMILES string of the molecule is Cc1c(Br)ccc(O)c1C(F)(F)F. The van der Waals surface area contributed by atoms with Gasteiger partial charge in [-0.1, -0.05) is 15.9 Å². The molecule has 5 heteroatoms. The van der Waals surface area contributed by atoms with Crippen molar-refractivity contribution in [3.8, 4) is 5.75 Å². The molecule has 1 N–H and O–H groups in total. The molecule has 1 rings (SSSR count). The Labute approximate surface area is 81.3 Å². The lowest BCUT2D eigenvalue weighted by Crippen LogP contribution is -2.08. The lowest BCUT2D eigenvalue weighted by molar-refractivity contribution is -0.139. The minimum absolute atomic E-state index is 0.00694. The molecular weight excluding hydrogens is 249 g/mol. The van der Waals surface area contributed by atoms with Gasteiger partial charge in [0, 0.05) is 4.47 Å². The Bertz CT molecular complexity index is 333. The van der Waals surface area contributed by atoms with E-state index in [1.807, 2.05) is 0 Å². The first kappa shape index (κ1) is 10.4. The van der Waals surface area contributed by atoms with Crippen LogP contribution in [0.3, 0.4) is 0 Å². The van der Waals surface area contributed by atoms with E-state index in [9.17, 15) is 13.2 Å². The summed E-state index contributed by atoms with van der Waals surface area (Å²) in [6.45, 7) is 1.30. The van der Waals surface area contributed by atoms with E-state index in [1.165, 1.54) is 13.0 Å². The predicted octanol–water partition coefficient (Wildman–Crippen LogP) is 3.48. The highest BCUT2D eigenvalue weighted by Gasteiger charge is 2.36. The second-order valence-electron chi connectivity index (χ2n) is 2.56. The van der Waals surface area contributed by atoms with Gasteiger partial charge in [-0.2, -0.15) is 13.2 Å². The van der Waals surface area contributed by atoms with Gasteiger partial charge in [0.05, 0.1) is 0 Å². The Morgan fingerprint density at radius 1 is 1.31 bits per heavy atom. The van der Waals surface area contributed by atoms with Gasteiger partial charge in [0.15, 0.2) is 0 Å². The minimum Gasteiger partial charge on any atom is -0.507 e.